The number of halogens is 2. The fourth-order valence-corrected chi connectivity index (χ4v) is 2.03. The van der Waals surface area contributed by atoms with E-state index in [1.807, 2.05) is 47.1 Å². The first-order valence-electron chi connectivity index (χ1n) is 5.37. The van der Waals surface area contributed by atoms with Crippen molar-refractivity contribution < 1.29 is 0 Å². The SMILES string of the molecule is Clc1ccc(Nn2cnc3ccc(Cl)cc32)cc1. The van der Waals surface area contributed by atoms with Crippen LogP contribution in [0.25, 0.3) is 11.0 Å². The molecule has 0 radical (unpaired) electrons. The predicted molar refractivity (Wildman–Crippen MR) is 75.2 cm³/mol. The fraction of sp³-hybridized carbons (Fsp3) is 0. The number of hydrogen-bond donors (Lipinski definition) is 1. The van der Waals surface area contributed by atoms with E-state index < -0.39 is 0 Å². The summed E-state index contributed by atoms with van der Waals surface area (Å²) in [5.74, 6) is 0. The van der Waals surface area contributed by atoms with Gasteiger partial charge in [0.25, 0.3) is 0 Å². The molecule has 1 N–H and O–H groups in total. The molecule has 90 valence electrons. The number of nitrogens with zero attached hydrogens (tertiary/aromatic N) is 2. The third kappa shape index (κ3) is 2.15. The number of fused-ring (bicyclic) bond motifs is 1. The van der Waals surface area contributed by atoms with Gasteiger partial charge in [-0.3, -0.25) is 5.43 Å². The molecule has 0 spiro atoms. The lowest BCUT2D eigenvalue weighted by molar-refractivity contribution is 0.989. The standard InChI is InChI=1S/C13H9Cl2N3/c14-9-1-4-11(5-2-9)17-18-8-16-12-6-3-10(15)7-13(12)18/h1-8,17H. The van der Waals surface area contributed by atoms with Crippen LogP contribution in [0.1, 0.15) is 0 Å². The minimum atomic E-state index is 0.683. The van der Waals surface area contributed by atoms with Crippen LogP contribution >= 0.6 is 23.2 Å². The second kappa shape index (κ2) is 4.52. The van der Waals surface area contributed by atoms with E-state index in [0.29, 0.717) is 10.0 Å². The molecule has 0 bridgehead atoms. The maximum absolute atomic E-state index is 5.98. The van der Waals surface area contributed by atoms with Crippen molar-refractivity contribution in [3.63, 3.8) is 0 Å². The molecule has 3 nitrogen and oxygen atoms in total. The summed E-state index contributed by atoms with van der Waals surface area (Å²) < 4.78 is 1.82. The van der Waals surface area contributed by atoms with Gasteiger partial charge in [-0.2, -0.15) is 0 Å². The predicted octanol–water partition coefficient (Wildman–Crippen LogP) is 4.22. The van der Waals surface area contributed by atoms with Crippen molar-refractivity contribution in [2.24, 2.45) is 0 Å². The highest BCUT2D eigenvalue weighted by Gasteiger charge is 2.03. The van der Waals surface area contributed by atoms with Crippen LogP contribution in [0.4, 0.5) is 5.69 Å². The minimum Gasteiger partial charge on any atom is -0.293 e. The highest BCUT2D eigenvalue weighted by atomic mass is 35.5. The summed E-state index contributed by atoms with van der Waals surface area (Å²) in [5, 5.41) is 1.39. The van der Waals surface area contributed by atoms with Crippen molar-refractivity contribution in [3.05, 3.63) is 58.8 Å². The highest BCUT2D eigenvalue weighted by molar-refractivity contribution is 6.31. The van der Waals surface area contributed by atoms with Crippen LogP contribution in [0, 0.1) is 0 Å². The Balaban J connectivity index is 1.99. The lowest BCUT2D eigenvalue weighted by atomic mass is 10.3. The first kappa shape index (κ1) is 11.4. The fourth-order valence-electron chi connectivity index (χ4n) is 1.73. The summed E-state index contributed by atoms with van der Waals surface area (Å²) in [6.07, 6.45) is 1.72. The van der Waals surface area contributed by atoms with Crippen LogP contribution in [0.5, 0.6) is 0 Å². The average molecular weight is 278 g/mol. The summed E-state index contributed by atoms with van der Waals surface area (Å²) >= 11 is 11.8. The Morgan fingerprint density at radius 2 is 1.67 bits per heavy atom. The van der Waals surface area contributed by atoms with Crippen LogP contribution in [0.2, 0.25) is 10.0 Å². The van der Waals surface area contributed by atoms with Gasteiger partial charge in [0.1, 0.15) is 6.33 Å². The summed E-state index contributed by atoms with van der Waals surface area (Å²) in [6, 6.07) is 13.0. The van der Waals surface area contributed by atoms with Crippen molar-refractivity contribution in [1.82, 2.24) is 9.66 Å². The molecule has 0 aliphatic rings. The maximum atomic E-state index is 5.98. The Morgan fingerprint density at radius 1 is 0.944 bits per heavy atom. The molecule has 0 atom stereocenters. The molecule has 1 aromatic heterocycles. The summed E-state index contributed by atoms with van der Waals surface area (Å²) in [6.45, 7) is 0. The molecule has 3 aromatic rings. The summed E-state index contributed by atoms with van der Waals surface area (Å²) in [5.41, 5.74) is 5.97. The number of anilines is 1. The Hall–Kier alpha value is -1.71. The van der Waals surface area contributed by atoms with Crippen molar-refractivity contribution in [3.8, 4) is 0 Å². The zero-order valence-electron chi connectivity index (χ0n) is 9.27. The van der Waals surface area contributed by atoms with Crippen molar-refractivity contribution in [2.45, 2.75) is 0 Å². The van der Waals surface area contributed by atoms with Crippen LogP contribution in [0.15, 0.2) is 48.8 Å². The zero-order valence-corrected chi connectivity index (χ0v) is 10.8. The van der Waals surface area contributed by atoms with E-state index in [4.69, 9.17) is 23.2 Å². The molecule has 5 heteroatoms. The van der Waals surface area contributed by atoms with Crippen LogP contribution in [-0.4, -0.2) is 9.66 Å². The maximum Gasteiger partial charge on any atom is 0.116 e. The number of rotatable bonds is 2. The Bertz CT molecular complexity index is 689. The van der Waals surface area contributed by atoms with Crippen molar-refractivity contribution >= 4 is 39.9 Å². The molecule has 3 rings (SSSR count). The molecular formula is C13H9Cl2N3. The number of hydrogen-bond acceptors (Lipinski definition) is 2. The lowest BCUT2D eigenvalue weighted by Gasteiger charge is -2.08. The number of benzene rings is 2. The van der Waals surface area contributed by atoms with Crippen LogP contribution in [0.3, 0.4) is 0 Å². The third-order valence-electron chi connectivity index (χ3n) is 2.60. The minimum absolute atomic E-state index is 0.683. The zero-order chi connectivity index (χ0) is 12.5. The monoisotopic (exact) mass is 277 g/mol. The van der Waals surface area contributed by atoms with Gasteiger partial charge in [-0.05, 0) is 42.5 Å². The molecule has 18 heavy (non-hydrogen) atoms. The normalized spacial score (nSPS) is 10.8. The van der Waals surface area contributed by atoms with Gasteiger partial charge >= 0.3 is 0 Å². The van der Waals surface area contributed by atoms with Crippen molar-refractivity contribution in [1.29, 1.82) is 0 Å². The van der Waals surface area contributed by atoms with Crippen LogP contribution in [-0.2, 0) is 0 Å². The van der Waals surface area contributed by atoms with Gasteiger partial charge in [0.2, 0.25) is 0 Å². The van der Waals surface area contributed by atoms with Gasteiger partial charge in [0, 0.05) is 10.0 Å². The molecule has 0 aliphatic carbocycles. The van der Waals surface area contributed by atoms with E-state index in [1.54, 1.807) is 6.33 Å². The molecular weight excluding hydrogens is 269 g/mol. The second-order valence-corrected chi connectivity index (χ2v) is 4.74. The van der Waals surface area contributed by atoms with Crippen LogP contribution < -0.4 is 5.43 Å². The number of imidazole rings is 1. The average Bonchev–Trinajstić information content (AvgIpc) is 2.75. The lowest BCUT2D eigenvalue weighted by Crippen LogP contribution is -2.06. The Kier molecular flexibility index (Phi) is 2.86. The van der Waals surface area contributed by atoms with Gasteiger partial charge in [-0.15, -0.1) is 0 Å². The van der Waals surface area contributed by atoms with E-state index >= 15 is 0 Å². The number of nitrogens with one attached hydrogen (secondary N) is 1. The van der Waals surface area contributed by atoms with E-state index in [1.165, 1.54) is 0 Å². The Morgan fingerprint density at radius 3 is 2.44 bits per heavy atom. The molecule has 0 fully saturated rings. The van der Waals surface area contributed by atoms with Gasteiger partial charge < -0.3 is 0 Å². The quantitative estimate of drug-likeness (QED) is 0.760. The van der Waals surface area contributed by atoms with E-state index in [2.05, 4.69) is 10.4 Å². The molecule has 0 saturated heterocycles. The van der Waals surface area contributed by atoms with Crippen molar-refractivity contribution in [2.75, 3.05) is 5.43 Å². The molecule has 1 heterocycles. The van der Waals surface area contributed by atoms with Gasteiger partial charge in [-0.25, -0.2) is 9.66 Å². The van der Waals surface area contributed by atoms with Gasteiger partial charge in [0.05, 0.1) is 16.7 Å². The van der Waals surface area contributed by atoms with Gasteiger partial charge in [0.15, 0.2) is 0 Å². The first-order valence-corrected chi connectivity index (χ1v) is 6.13. The summed E-state index contributed by atoms with van der Waals surface area (Å²) in [7, 11) is 0. The number of aromatic nitrogens is 2. The summed E-state index contributed by atoms with van der Waals surface area (Å²) in [4.78, 5) is 4.29. The molecule has 0 amide bonds. The smallest absolute Gasteiger partial charge is 0.116 e. The van der Waals surface area contributed by atoms with E-state index in [9.17, 15) is 0 Å². The Labute approximate surface area is 114 Å². The molecule has 0 saturated carbocycles. The van der Waals surface area contributed by atoms with E-state index in [-0.39, 0.29) is 0 Å². The van der Waals surface area contributed by atoms with E-state index in [0.717, 1.165) is 16.7 Å². The van der Waals surface area contributed by atoms with Gasteiger partial charge in [-0.1, -0.05) is 23.2 Å². The topological polar surface area (TPSA) is 29.9 Å². The largest absolute Gasteiger partial charge is 0.293 e. The molecule has 0 aliphatic heterocycles. The molecule has 2 aromatic carbocycles. The first-order chi connectivity index (χ1) is 8.72. The second-order valence-electron chi connectivity index (χ2n) is 3.87. The highest BCUT2D eigenvalue weighted by Crippen LogP contribution is 2.19. The molecule has 0 unspecified atom stereocenters. The third-order valence-corrected chi connectivity index (χ3v) is 3.09.